The fourth-order valence-corrected chi connectivity index (χ4v) is 2.58. The Morgan fingerprint density at radius 3 is 2.68 bits per heavy atom. The third-order valence-corrected chi connectivity index (χ3v) is 3.70. The van der Waals surface area contributed by atoms with Crippen molar-refractivity contribution >= 4 is 5.69 Å². The molecule has 0 atom stereocenters. The number of hydrogen-bond acceptors (Lipinski definition) is 4. The van der Waals surface area contributed by atoms with Crippen LogP contribution in [0.1, 0.15) is 25.0 Å². The molecule has 0 aliphatic heterocycles. The molecule has 0 aliphatic carbocycles. The van der Waals surface area contributed by atoms with Gasteiger partial charge in [-0.1, -0.05) is 24.3 Å². The Morgan fingerprint density at radius 2 is 1.96 bits per heavy atom. The van der Waals surface area contributed by atoms with E-state index in [1.165, 1.54) is 5.56 Å². The topological polar surface area (TPSA) is 51.1 Å². The molecule has 0 bridgehead atoms. The van der Waals surface area contributed by atoms with Gasteiger partial charge in [-0.05, 0) is 43.7 Å². The number of nitrogens with zero attached hydrogens (tertiary/aromatic N) is 2. The number of hydrogen-bond donors (Lipinski definition) is 2. The third kappa shape index (κ3) is 5.09. The number of ether oxygens (including phenoxy) is 1. The van der Waals surface area contributed by atoms with Crippen LogP contribution in [0.2, 0.25) is 0 Å². The first-order valence-electron chi connectivity index (χ1n) is 8.49. The SMILES string of the molecule is CC(C)Oc1ccc(CNNc2ccccc2)cc1Cn1ccnc1. The summed E-state index contributed by atoms with van der Waals surface area (Å²) >= 11 is 0. The summed E-state index contributed by atoms with van der Waals surface area (Å²) in [5, 5.41) is 0. The van der Waals surface area contributed by atoms with E-state index in [0.29, 0.717) is 6.54 Å². The molecule has 5 nitrogen and oxygen atoms in total. The minimum atomic E-state index is 0.144. The Morgan fingerprint density at radius 1 is 1.12 bits per heavy atom. The largest absolute Gasteiger partial charge is 0.491 e. The summed E-state index contributed by atoms with van der Waals surface area (Å²) in [7, 11) is 0. The lowest BCUT2D eigenvalue weighted by Gasteiger charge is -2.16. The lowest BCUT2D eigenvalue weighted by atomic mass is 10.1. The second-order valence-corrected chi connectivity index (χ2v) is 6.19. The zero-order chi connectivity index (χ0) is 17.5. The van der Waals surface area contributed by atoms with Crippen LogP contribution in [0.4, 0.5) is 5.69 Å². The highest BCUT2D eigenvalue weighted by Gasteiger charge is 2.08. The van der Waals surface area contributed by atoms with Gasteiger partial charge >= 0.3 is 0 Å². The van der Waals surface area contributed by atoms with Gasteiger partial charge in [-0.3, -0.25) is 0 Å². The molecule has 0 saturated heterocycles. The van der Waals surface area contributed by atoms with Gasteiger partial charge in [-0.2, -0.15) is 0 Å². The third-order valence-electron chi connectivity index (χ3n) is 3.70. The molecule has 0 saturated carbocycles. The Balaban J connectivity index is 1.69. The van der Waals surface area contributed by atoms with Crippen molar-refractivity contribution in [2.45, 2.75) is 33.0 Å². The molecule has 1 aromatic heterocycles. The Kier molecular flexibility index (Phi) is 5.69. The van der Waals surface area contributed by atoms with E-state index >= 15 is 0 Å². The maximum atomic E-state index is 5.95. The highest BCUT2D eigenvalue weighted by Crippen LogP contribution is 2.23. The van der Waals surface area contributed by atoms with E-state index in [-0.39, 0.29) is 6.10 Å². The number of benzene rings is 2. The Labute approximate surface area is 148 Å². The van der Waals surface area contributed by atoms with Crippen LogP contribution >= 0.6 is 0 Å². The molecular formula is C20H24N4O. The average Bonchev–Trinajstić information content (AvgIpc) is 3.11. The molecule has 2 aromatic carbocycles. The van der Waals surface area contributed by atoms with Crippen molar-refractivity contribution in [2.75, 3.05) is 5.43 Å². The van der Waals surface area contributed by atoms with Crippen LogP contribution in [-0.4, -0.2) is 15.7 Å². The van der Waals surface area contributed by atoms with E-state index in [2.05, 4.69) is 28.0 Å². The number of rotatable bonds is 8. The summed E-state index contributed by atoms with van der Waals surface area (Å²) in [6.45, 7) is 5.54. The molecule has 0 aliphatic rings. The van der Waals surface area contributed by atoms with Crippen LogP contribution in [0, 0.1) is 0 Å². The van der Waals surface area contributed by atoms with E-state index in [4.69, 9.17) is 4.74 Å². The molecular weight excluding hydrogens is 312 g/mol. The predicted molar refractivity (Wildman–Crippen MR) is 100 cm³/mol. The molecule has 0 amide bonds. The molecule has 5 heteroatoms. The normalized spacial score (nSPS) is 10.8. The second kappa shape index (κ2) is 8.35. The van der Waals surface area contributed by atoms with Gasteiger partial charge in [0.05, 0.1) is 19.0 Å². The van der Waals surface area contributed by atoms with Crippen molar-refractivity contribution in [3.8, 4) is 5.75 Å². The van der Waals surface area contributed by atoms with E-state index in [9.17, 15) is 0 Å². The standard InChI is InChI=1S/C20H24N4O/c1-16(2)25-20-9-8-17(12-18(20)14-24-11-10-21-15-24)13-22-23-19-6-4-3-5-7-19/h3-12,15-16,22-23H,13-14H2,1-2H3. The minimum Gasteiger partial charge on any atom is -0.491 e. The molecule has 3 aromatic rings. The van der Waals surface area contributed by atoms with Gasteiger partial charge in [-0.25, -0.2) is 10.4 Å². The molecule has 1 heterocycles. The highest BCUT2D eigenvalue weighted by atomic mass is 16.5. The van der Waals surface area contributed by atoms with Gasteiger partial charge < -0.3 is 14.7 Å². The molecule has 130 valence electrons. The van der Waals surface area contributed by atoms with Crippen molar-refractivity contribution in [3.05, 3.63) is 78.4 Å². The van der Waals surface area contributed by atoms with Crippen molar-refractivity contribution in [3.63, 3.8) is 0 Å². The van der Waals surface area contributed by atoms with Crippen LogP contribution in [0.25, 0.3) is 0 Å². The number of nitrogens with one attached hydrogen (secondary N) is 2. The highest BCUT2D eigenvalue weighted by molar-refractivity contribution is 5.42. The fourth-order valence-electron chi connectivity index (χ4n) is 2.58. The van der Waals surface area contributed by atoms with E-state index < -0.39 is 0 Å². The van der Waals surface area contributed by atoms with Crippen LogP contribution < -0.4 is 15.6 Å². The molecule has 2 N–H and O–H groups in total. The Hall–Kier alpha value is -2.79. The lowest BCUT2D eigenvalue weighted by Crippen LogP contribution is -2.21. The first-order chi connectivity index (χ1) is 12.2. The molecule has 3 rings (SSSR count). The summed E-state index contributed by atoms with van der Waals surface area (Å²) in [6.07, 6.45) is 5.71. The van der Waals surface area contributed by atoms with Crippen molar-refractivity contribution in [1.82, 2.24) is 15.0 Å². The van der Waals surface area contributed by atoms with E-state index in [1.807, 2.05) is 67.3 Å². The quantitative estimate of drug-likeness (QED) is 0.614. The van der Waals surface area contributed by atoms with E-state index in [1.54, 1.807) is 6.20 Å². The van der Waals surface area contributed by atoms with Gasteiger partial charge in [0.15, 0.2) is 0 Å². The molecule has 0 unspecified atom stereocenters. The van der Waals surface area contributed by atoms with Crippen molar-refractivity contribution < 1.29 is 4.74 Å². The van der Waals surface area contributed by atoms with Crippen LogP contribution in [0.5, 0.6) is 5.75 Å². The van der Waals surface area contributed by atoms with Gasteiger partial charge in [-0.15, -0.1) is 0 Å². The van der Waals surface area contributed by atoms with Crippen LogP contribution in [-0.2, 0) is 13.1 Å². The van der Waals surface area contributed by atoms with Gasteiger partial charge in [0, 0.05) is 30.2 Å². The summed E-state index contributed by atoms with van der Waals surface area (Å²) in [5.41, 5.74) is 9.84. The van der Waals surface area contributed by atoms with Crippen molar-refractivity contribution in [1.29, 1.82) is 0 Å². The van der Waals surface area contributed by atoms with Gasteiger partial charge in [0.25, 0.3) is 0 Å². The van der Waals surface area contributed by atoms with E-state index in [0.717, 1.165) is 23.5 Å². The number of imidazole rings is 1. The first kappa shape index (κ1) is 17.0. The first-order valence-corrected chi connectivity index (χ1v) is 8.49. The smallest absolute Gasteiger partial charge is 0.124 e. The van der Waals surface area contributed by atoms with Crippen molar-refractivity contribution in [2.24, 2.45) is 0 Å². The summed E-state index contributed by atoms with van der Waals surface area (Å²) in [4.78, 5) is 4.11. The molecule has 0 radical (unpaired) electrons. The molecule has 0 spiro atoms. The Bertz CT molecular complexity index is 770. The van der Waals surface area contributed by atoms with Gasteiger partial charge in [0.2, 0.25) is 0 Å². The van der Waals surface area contributed by atoms with Gasteiger partial charge in [0.1, 0.15) is 5.75 Å². The lowest BCUT2D eigenvalue weighted by molar-refractivity contribution is 0.239. The summed E-state index contributed by atoms with van der Waals surface area (Å²) in [6, 6.07) is 16.4. The maximum absolute atomic E-state index is 5.95. The zero-order valence-electron chi connectivity index (χ0n) is 14.6. The second-order valence-electron chi connectivity index (χ2n) is 6.19. The number of para-hydroxylation sites is 1. The molecule has 25 heavy (non-hydrogen) atoms. The summed E-state index contributed by atoms with van der Waals surface area (Å²) < 4.78 is 8.00. The number of anilines is 1. The van der Waals surface area contributed by atoms with Crippen LogP contribution in [0.3, 0.4) is 0 Å². The van der Waals surface area contributed by atoms with Crippen LogP contribution in [0.15, 0.2) is 67.3 Å². The average molecular weight is 336 g/mol. The maximum Gasteiger partial charge on any atom is 0.124 e. The number of aromatic nitrogens is 2. The zero-order valence-corrected chi connectivity index (χ0v) is 14.6. The monoisotopic (exact) mass is 336 g/mol. The minimum absolute atomic E-state index is 0.144. The fraction of sp³-hybridized carbons (Fsp3) is 0.250. The molecule has 0 fully saturated rings. The summed E-state index contributed by atoms with van der Waals surface area (Å²) in [5.74, 6) is 0.920. The number of hydrazine groups is 1. The predicted octanol–water partition coefficient (Wildman–Crippen LogP) is 3.84.